The topological polar surface area (TPSA) is 39.7 Å². The van der Waals surface area contributed by atoms with E-state index in [1.807, 2.05) is 0 Å². The number of hydrogen-bond donors (Lipinski definition) is 1. The molecule has 0 aliphatic carbocycles. The molecular formula is C12H23NO3. The Hall–Kier alpha value is -0.160. The summed E-state index contributed by atoms with van der Waals surface area (Å²) in [4.78, 5) is 0. The van der Waals surface area contributed by atoms with E-state index in [0.717, 1.165) is 39.5 Å². The first kappa shape index (κ1) is 12.3. The minimum Gasteiger partial charge on any atom is -0.380 e. The third-order valence-electron chi connectivity index (χ3n) is 3.15. The summed E-state index contributed by atoms with van der Waals surface area (Å²) in [5.41, 5.74) is 0. The van der Waals surface area contributed by atoms with Crippen LogP contribution in [0.25, 0.3) is 0 Å². The zero-order chi connectivity index (χ0) is 11.2. The highest BCUT2D eigenvalue weighted by molar-refractivity contribution is 4.74. The molecule has 4 heteroatoms. The maximum absolute atomic E-state index is 5.78. The third-order valence-corrected chi connectivity index (χ3v) is 3.15. The van der Waals surface area contributed by atoms with Crippen molar-refractivity contribution in [3.63, 3.8) is 0 Å². The monoisotopic (exact) mass is 229 g/mol. The zero-order valence-electron chi connectivity index (χ0n) is 10.1. The average Bonchev–Trinajstić information content (AvgIpc) is 2.81. The molecule has 0 radical (unpaired) electrons. The SMILES string of the molecule is CC(COC1CCOC1)NC1CCCOC1. The van der Waals surface area contributed by atoms with E-state index in [4.69, 9.17) is 14.2 Å². The summed E-state index contributed by atoms with van der Waals surface area (Å²) < 4.78 is 16.5. The molecule has 3 unspecified atom stereocenters. The highest BCUT2D eigenvalue weighted by Crippen LogP contribution is 2.10. The first-order valence-electron chi connectivity index (χ1n) is 6.38. The molecule has 2 heterocycles. The van der Waals surface area contributed by atoms with Crippen LogP contribution in [-0.4, -0.2) is 51.2 Å². The van der Waals surface area contributed by atoms with Crippen molar-refractivity contribution in [3.05, 3.63) is 0 Å². The molecule has 4 nitrogen and oxygen atoms in total. The van der Waals surface area contributed by atoms with Gasteiger partial charge in [0.25, 0.3) is 0 Å². The molecule has 0 aromatic carbocycles. The molecule has 0 aromatic rings. The summed E-state index contributed by atoms with van der Waals surface area (Å²) in [5.74, 6) is 0. The van der Waals surface area contributed by atoms with Gasteiger partial charge in [0.1, 0.15) is 0 Å². The zero-order valence-corrected chi connectivity index (χ0v) is 10.1. The maximum Gasteiger partial charge on any atom is 0.0831 e. The van der Waals surface area contributed by atoms with Gasteiger partial charge in [-0.15, -0.1) is 0 Å². The van der Waals surface area contributed by atoms with Gasteiger partial charge in [0.05, 0.1) is 25.9 Å². The van der Waals surface area contributed by atoms with Gasteiger partial charge >= 0.3 is 0 Å². The van der Waals surface area contributed by atoms with Gasteiger partial charge in [-0.25, -0.2) is 0 Å². The summed E-state index contributed by atoms with van der Waals surface area (Å²) in [7, 11) is 0. The quantitative estimate of drug-likeness (QED) is 0.762. The van der Waals surface area contributed by atoms with Gasteiger partial charge < -0.3 is 19.5 Å². The normalized spacial score (nSPS) is 32.8. The van der Waals surface area contributed by atoms with Gasteiger partial charge in [-0.05, 0) is 26.2 Å². The molecular weight excluding hydrogens is 206 g/mol. The Labute approximate surface area is 97.6 Å². The fraction of sp³-hybridized carbons (Fsp3) is 1.00. The molecule has 2 rings (SSSR count). The van der Waals surface area contributed by atoms with E-state index >= 15 is 0 Å². The van der Waals surface area contributed by atoms with Crippen LogP contribution in [0.1, 0.15) is 26.2 Å². The summed E-state index contributed by atoms with van der Waals surface area (Å²) >= 11 is 0. The largest absolute Gasteiger partial charge is 0.380 e. The fourth-order valence-corrected chi connectivity index (χ4v) is 2.25. The van der Waals surface area contributed by atoms with Crippen LogP contribution in [-0.2, 0) is 14.2 Å². The van der Waals surface area contributed by atoms with Crippen LogP contribution in [0.3, 0.4) is 0 Å². The smallest absolute Gasteiger partial charge is 0.0831 e. The second-order valence-electron chi connectivity index (χ2n) is 4.80. The van der Waals surface area contributed by atoms with Crippen molar-refractivity contribution in [1.82, 2.24) is 5.32 Å². The van der Waals surface area contributed by atoms with E-state index in [0.29, 0.717) is 18.2 Å². The Morgan fingerprint density at radius 1 is 1.25 bits per heavy atom. The molecule has 2 saturated heterocycles. The van der Waals surface area contributed by atoms with E-state index in [2.05, 4.69) is 12.2 Å². The lowest BCUT2D eigenvalue weighted by Gasteiger charge is -2.27. The summed E-state index contributed by atoms with van der Waals surface area (Å²) in [5, 5.41) is 3.55. The lowest BCUT2D eigenvalue weighted by molar-refractivity contribution is 0.0215. The molecule has 2 aliphatic rings. The molecule has 16 heavy (non-hydrogen) atoms. The van der Waals surface area contributed by atoms with Gasteiger partial charge in [-0.3, -0.25) is 0 Å². The van der Waals surface area contributed by atoms with Gasteiger partial charge in [-0.1, -0.05) is 0 Å². The highest BCUT2D eigenvalue weighted by Gasteiger charge is 2.19. The van der Waals surface area contributed by atoms with Crippen LogP contribution in [0.2, 0.25) is 0 Å². The number of ether oxygens (including phenoxy) is 3. The molecule has 0 spiro atoms. The van der Waals surface area contributed by atoms with Crippen LogP contribution >= 0.6 is 0 Å². The first-order chi connectivity index (χ1) is 7.84. The Balaban J connectivity index is 1.57. The average molecular weight is 229 g/mol. The first-order valence-corrected chi connectivity index (χ1v) is 6.38. The molecule has 94 valence electrons. The predicted molar refractivity (Wildman–Crippen MR) is 61.6 cm³/mol. The molecule has 3 atom stereocenters. The molecule has 0 amide bonds. The van der Waals surface area contributed by atoms with Crippen molar-refractivity contribution in [2.75, 3.05) is 33.0 Å². The number of rotatable bonds is 5. The van der Waals surface area contributed by atoms with Crippen LogP contribution in [0.15, 0.2) is 0 Å². The second kappa shape index (κ2) is 6.55. The minimum absolute atomic E-state index is 0.312. The van der Waals surface area contributed by atoms with Crippen molar-refractivity contribution >= 4 is 0 Å². The van der Waals surface area contributed by atoms with Crippen molar-refractivity contribution in [1.29, 1.82) is 0 Å². The van der Waals surface area contributed by atoms with Crippen LogP contribution in [0.4, 0.5) is 0 Å². The molecule has 0 bridgehead atoms. The Morgan fingerprint density at radius 2 is 2.12 bits per heavy atom. The van der Waals surface area contributed by atoms with Crippen molar-refractivity contribution in [3.8, 4) is 0 Å². The van der Waals surface area contributed by atoms with Crippen LogP contribution < -0.4 is 5.32 Å². The van der Waals surface area contributed by atoms with Crippen molar-refractivity contribution in [2.45, 2.75) is 44.4 Å². The third kappa shape index (κ3) is 4.01. The molecule has 1 N–H and O–H groups in total. The Morgan fingerprint density at radius 3 is 2.81 bits per heavy atom. The predicted octanol–water partition coefficient (Wildman–Crippen LogP) is 0.949. The molecule has 0 saturated carbocycles. The highest BCUT2D eigenvalue weighted by atomic mass is 16.5. The van der Waals surface area contributed by atoms with Crippen molar-refractivity contribution < 1.29 is 14.2 Å². The van der Waals surface area contributed by atoms with Crippen molar-refractivity contribution in [2.24, 2.45) is 0 Å². The number of nitrogens with one attached hydrogen (secondary N) is 1. The van der Waals surface area contributed by atoms with E-state index in [9.17, 15) is 0 Å². The maximum atomic E-state index is 5.78. The van der Waals surface area contributed by atoms with Crippen LogP contribution in [0.5, 0.6) is 0 Å². The van der Waals surface area contributed by atoms with E-state index in [1.54, 1.807) is 0 Å². The molecule has 2 aliphatic heterocycles. The van der Waals surface area contributed by atoms with Gasteiger partial charge in [0.15, 0.2) is 0 Å². The van der Waals surface area contributed by atoms with Gasteiger partial charge in [0, 0.05) is 25.3 Å². The van der Waals surface area contributed by atoms with Crippen LogP contribution in [0, 0.1) is 0 Å². The standard InChI is InChI=1S/C12H23NO3/c1-10(7-16-12-4-6-15-9-12)13-11-3-2-5-14-8-11/h10-13H,2-9H2,1H3. The molecule has 0 aromatic heterocycles. The minimum atomic E-state index is 0.312. The van der Waals surface area contributed by atoms with Gasteiger partial charge in [-0.2, -0.15) is 0 Å². The lowest BCUT2D eigenvalue weighted by atomic mass is 10.1. The molecule has 2 fully saturated rings. The second-order valence-corrected chi connectivity index (χ2v) is 4.80. The van der Waals surface area contributed by atoms with Gasteiger partial charge in [0.2, 0.25) is 0 Å². The van der Waals surface area contributed by atoms with E-state index < -0.39 is 0 Å². The Bertz CT molecular complexity index is 189. The fourth-order valence-electron chi connectivity index (χ4n) is 2.25. The summed E-state index contributed by atoms with van der Waals surface area (Å²) in [6, 6.07) is 0.902. The summed E-state index contributed by atoms with van der Waals surface area (Å²) in [6.07, 6.45) is 3.74. The van der Waals surface area contributed by atoms with E-state index in [-0.39, 0.29) is 0 Å². The van der Waals surface area contributed by atoms with E-state index in [1.165, 1.54) is 12.8 Å². The number of hydrogen-bond acceptors (Lipinski definition) is 4. The lowest BCUT2D eigenvalue weighted by Crippen LogP contribution is -2.44. The summed E-state index contributed by atoms with van der Waals surface area (Å²) in [6.45, 7) is 6.32. The Kier molecular flexibility index (Phi) is 5.03.